The minimum absolute atomic E-state index is 0.0194. The molecule has 0 saturated carbocycles. The molecule has 1 aliphatic heterocycles. The maximum atomic E-state index is 13.0. The minimum atomic E-state index is -3.51. The van der Waals surface area contributed by atoms with E-state index in [0.29, 0.717) is 30.3 Å². The van der Waals surface area contributed by atoms with Crippen molar-refractivity contribution < 1.29 is 18.3 Å². The number of hydrogen-bond acceptors (Lipinski definition) is 4. The Labute approximate surface area is 156 Å². The van der Waals surface area contributed by atoms with Crippen molar-refractivity contribution in [2.75, 3.05) is 26.7 Å². The average Bonchev–Trinajstić information content (AvgIpc) is 2.87. The Hall–Kier alpha value is -1.44. The molecule has 1 saturated heterocycles. The van der Waals surface area contributed by atoms with E-state index in [1.165, 1.54) is 0 Å². The fourth-order valence-corrected chi connectivity index (χ4v) is 4.92. The van der Waals surface area contributed by atoms with Crippen molar-refractivity contribution in [1.82, 2.24) is 9.21 Å². The number of aliphatic carboxylic acids is 1. The number of nitrogens with zero attached hydrogens (tertiary/aromatic N) is 2. The van der Waals surface area contributed by atoms with E-state index >= 15 is 0 Å². The first kappa shape index (κ1) is 20.9. The summed E-state index contributed by atoms with van der Waals surface area (Å²) >= 11 is 0. The summed E-state index contributed by atoms with van der Waals surface area (Å²) in [5.41, 5.74) is 1.15. The Balaban J connectivity index is 2.08. The van der Waals surface area contributed by atoms with Crippen LogP contribution in [0.5, 0.6) is 0 Å². The van der Waals surface area contributed by atoms with Crippen molar-refractivity contribution in [3.8, 4) is 0 Å². The summed E-state index contributed by atoms with van der Waals surface area (Å²) in [6.45, 7) is 5.13. The normalized spacial score (nSPS) is 20.7. The molecule has 0 bridgehead atoms. The van der Waals surface area contributed by atoms with Crippen molar-refractivity contribution >= 4 is 16.0 Å². The van der Waals surface area contributed by atoms with Gasteiger partial charge in [-0.3, -0.25) is 9.69 Å². The van der Waals surface area contributed by atoms with E-state index < -0.39 is 16.0 Å². The second-order valence-corrected chi connectivity index (χ2v) is 9.11. The van der Waals surface area contributed by atoms with Crippen LogP contribution in [0.2, 0.25) is 0 Å². The molecule has 1 fully saturated rings. The van der Waals surface area contributed by atoms with Gasteiger partial charge in [0.05, 0.1) is 11.4 Å². The maximum absolute atomic E-state index is 13.0. The molecule has 1 heterocycles. The van der Waals surface area contributed by atoms with Crippen LogP contribution in [0.4, 0.5) is 0 Å². The third-order valence-corrected chi connectivity index (χ3v) is 7.28. The van der Waals surface area contributed by atoms with Crippen LogP contribution in [-0.4, -0.2) is 61.4 Å². The molecular weight excluding hydrogens is 352 g/mol. The number of hydrogen-bond donors (Lipinski definition) is 1. The summed E-state index contributed by atoms with van der Waals surface area (Å²) in [6, 6.07) is 7.31. The fourth-order valence-electron chi connectivity index (χ4n) is 3.43. The van der Waals surface area contributed by atoms with E-state index in [2.05, 4.69) is 13.8 Å². The van der Waals surface area contributed by atoms with Crippen LogP contribution in [0.1, 0.15) is 51.0 Å². The quantitative estimate of drug-likeness (QED) is 0.784. The molecule has 0 radical (unpaired) electrons. The number of carboxylic acid groups (broad SMARTS) is 1. The highest BCUT2D eigenvalue weighted by molar-refractivity contribution is 7.89. The van der Waals surface area contributed by atoms with Gasteiger partial charge >= 0.3 is 5.97 Å². The maximum Gasteiger partial charge on any atom is 0.317 e. The van der Waals surface area contributed by atoms with Gasteiger partial charge in [-0.15, -0.1) is 0 Å². The molecule has 1 aromatic rings. The Kier molecular flexibility index (Phi) is 7.20. The average molecular weight is 383 g/mol. The van der Waals surface area contributed by atoms with E-state index in [1.54, 1.807) is 28.4 Å². The Morgan fingerprint density at radius 2 is 1.92 bits per heavy atom. The van der Waals surface area contributed by atoms with Crippen LogP contribution in [0.25, 0.3) is 0 Å². The number of carboxylic acids is 1. The minimum Gasteiger partial charge on any atom is -0.480 e. The first-order chi connectivity index (χ1) is 12.3. The number of benzene rings is 1. The van der Waals surface area contributed by atoms with Gasteiger partial charge in [-0.2, -0.15) is 4.31 Å². The standard InChI is InChI=1S/C19H30N2O4S/c1-4-15(2)16-7-9-18(10-8-16)26(24,25)21-12-5-6-17(11-13-21)20(3)14-19(22)23/h7-10,15,17H,4-6,11-14H2,1-3H3,(H,22,23). The lowest BCUT2D eigenvalue weighted by molar-refractivity contribution is -0.138. The Morgan fingerprint density at radius 1 is 1.27 bits per heavy atom. The number of likely N-dealkylation sites (N-methyl/N-ethyl adjacent to an activating group) is 1. The predicted octanol–water partition coefficient (Wildman–Crippen LogP) is 2.76. The molecule has 0 spiro atoms. The molecule has 2 unspecified atom stereocenters. The van der Waals surface area contributed by atoms with Gasteiger partial charge in [-0.1, -0.05) is 26.0 Å². The molecule has 1 aromatic carbocycles. The van der Waals surface area contributed by atoms with Crippen molar-refractivity contribution in [1.29, 1.82) is 0 Å². The number of carbonyl (C=O) groups is 1. The highest BCUT2D eigenvalue weighted by Crippen LogP contribution is 2.25. The second-order valence-electron chi connectivity index (χ2n) is 7.18. The number of rotatable bonds is 7. The van der Waals surface area contributed by atoms with Crippen molar-refractivity contribution in [2.24, 2.45) is 0 Å². The lowest BCUT2D eigenvalue weighted by Gasteiger charge is -2.25. The largest absolute Gasteiger partial charge is 0.480 e. The van der Waals surface area contributed by atoms with E-state index in [4.69, 9.17) is 5.11 Å². The highest BCUT2D eigenvalue weighted by Gasteiger charge is 2.29. The zero-order chi connectivity index (χ0) is 19.3. The summed E-state index contributed by atoms with van der Waals surface area (Å²) in [7, 11) is -1.72. The molecule has 1 N–H and O–H groups in total. The van der Waals surface area contributed by atoms with Crippen LogP contribution in [0.3, 0.4) is 0 Å². The summed E-state index contributed by atoms with van der Waals surface area (Å²) in [5, 5.41) is 8.95. The Morgan fingerprint density at radius 3 is 2.50 bits per heavy atom. The molecule has 0 amide bonds. The molecular formula is C19H30N2O4S. The first-order valence-electron chi connectivity index (χ1n) is 9.27. The molecule has 2 rings (SSSR count). The third-order valence-electron chi connectivity index (χ3n) is 5.36. The zero-order valence-electron chi connectivity index (χ0n) is 15.9. The lowest BCUT2D eigenvalue weighted by Crippen LogP contribution is -2.37. The van der Waals surface area contributed by atoms with Gasteiger partial charge in [0.25, 0.3) is 0 Å². The van der Waals surface area contributed by atoms with Gasteiger partial charge < -0.3 is 5.11 Å². The van der Waals surface area contributed by atoms with Gasteiger partial charge in [-0.25, -0.2) is 8.42 Å². The molecule has 2 atom stereocenters. The van der Waals surface area contributed by atoms with E-state index in [-0.39, 0.29) is 12.6 Å². The summed E-state index contributed by atoms with van der Waals surface area (Å²) in [4.78, 5) is 13.0. The summed E-state index contributed by atoms with van der Waals surface area (Å²) in [5.74, 6) is -0.446. The molecule has 0 aromatic heterocycles. The molecule has 146 valence electrons. The summed E-state index contributed by atoms with van der Waals surface area (Å²) < 4.78 is 27.5. The van der Waals surface area contributed by atoms with Gasteiger partial charge in [0.2, 0.25) is 10.0 Å². The summed E-state index contributed by atoms with van der Waals surface area (Å²) in [6.07, 6.45) is 3.21. The molecule has 0 aliphatic carbocycles. The van der Waals surface area contributed by atoms with Crippen LogP contribution in [0.15, 0.2) is 29.2 Å². The third kappa shape index (κ3) is 5.05. The van der Waals surface area contributed by atoms with Gasteiger partial charge in [0, 0.05) is 19.1 Å². The van der Waals surface area contributed by atoms with E-state index in [1.807, 2.05) is 12.1 Å². The van der Waals surface area contributed by atoms with Crippen LogP contribution < -0.4 is 0 Å². The lowest BCUT2D eigenvalue weighted by atomic mass is 9.99. The molecule has 7 heteroatoms. The van der Waals surface area contributed by atoms with Crippen molar-refractivity contribution in [3.05, 3.63) is 29.8 Å². The van der Waals surface area contributed by atoms with Crippen LogP contribution in [0, 0.1) is 0 Å². The number of sulfonamides is 1. The van der Waals surface area contributed by atoms with Crippen molar-refractivity contribution in [3.63, 3.8) is 0 Å². The van der Waals surface area contributed by atoms with Gasteiger partial charge in [-0.05, 0) is 56.3 Å². The topological polar surface area (TPSA) is 77.9 Å². The first-order valence-corrected chi connectivity index (χ1v) is 10.7. The molecule has 1 aliphatic rings. The van der Waals surface area contributed by atoms with E-state index in [0.717, 1.165) is 24.8 Å². The predicted molar refractivity (Wildman–Crippen MR) is 102 cm³/mol. The SMILES string of the molecule is CCC(C)c1ccc(S(=O)(=O)N2CCCC(N(C)CC(=O)O)CC2)cc1. The highest BCUT2D eigenvalue weighted by atomic mass is 32.2. The van der Waals surface area contributed by atoms with Crippen LogP contribution in [-0.2, 0) is 14.8 Å². The molecule has 26 heavy (non-hydrogen) atoms. The second kappa shape index (κ2) is 8.97. The van der Waals surface area contributed by atoms with Crippen molar-refractivity contribution in [2.45, 2.75) is 56.4 Å². The zero-order valence-corrected chi connectivity index (χ0v) is 16.7. The monoisotopic (exact) mass is 382 g/mol. The Bertz CT molecular complexity index is 703. The van der Waals surface area contributed by atoms with Gasteiger partial charge in [0.1, 0.15) is 0 Å². The smallest absolute Gasteiger partial charge is 0.317 e. The van der Waals surface area contributed by atoms with Gasteiger partial charge in [0.15, 0.2) is 0 Å². The molecule has 6 nitrogen and oxygen atoms in total. The fraction of sp³-hybridized carbons (Fsp3) is 0.632. The van der Waals surface area contributed by atoms with Crippen LogP contribution >= 0.6 is 0 Å². The van der Waals surface area contributed by atoms with E-state index in [9.17, 15) is 13.2 Å².